The van der Waals surface area contributed by atoms with Crippen molar-refractivity contribution < 1.29 is 17.2 Å². The lowest BCUT2D eigenvalue weighted by atomic mass is 9.94. The van der Waals surface area contributed by atoms with E-state index in [4.69, 9.17) is 4.55 Å². The molecule has 0 saturated heterocycles. The second kappa shape index (κ2) is 8.07. The van der Waals surface area contributed by atoms with Crippen LogP contribution in [-0.2, 0) is 14.6 Å². The Balaban J connectivity index is 3.74. The van der Waals surface area contributed by atoms with Crippen molar-refractivity contribution in [3.05, 3.63) is 0 Å². The zero-order valence-corrected chi connectivity index (χ0v) is 10.4. The number of unbranched alkanes of at least 4 members (excludes halogenated alkanes) is 1. The summed E-state index contributed by atoms with van der Waals surface area (Å²) in [5, 5.41) is 0. The lowest BCUT2D eigenvalue weighted by Gasteiger charge is -2.14. The second-order valence-electron chi connectivity index (χ2n) is 3.84. The quantitative estimate of drug-likeness (QED) is 0.627. The summed E-state index contributed by atoms with van der Waals surface area (Å²) in [5.74, 6) is 0.511. The third kappa shape index (κ3) is 10.2. The molecule has 0 rings (SSSR count). The normalized spacial score (nSPS) is 14.1. The average Bonchev–Trinajstić information content (AvgIpc) is 2.12. The lowest BCUT2D eigenvalue weighted by molar-refractivity contribution is 0.236. The van der Waals surface area contributed by atoms with Gasteiger partial charge < -0.3 is 0 Å². The van der Waals surface area contributed by atoms with Crippen molar-refractivity contribution in [2.75, 3.05) is 6.61 Å². The highest BCUT2D eigenvalue weighted by Gasteiger charge is 2.10. The minimum absolute atomic E-state index is 0.0905. The molecule has 0 aromatic rings. The molecule has 92 valence electrons. The van der Waals surface area contributed by atoms with E-state index in [1.807, 2.05) is 0 Å². The highest BCUT2D eigenvalue weighted by atomic mass is 32.3. The van der Waals surface area contributed by atoms with E-state index in [0.717, 1.165) is 32.1 Å². The van der Waals surface area contributed by atoms with Gasteiger partial charge in [-0.25, -0.2) is 4.18 Å². The molecule has 0 aromatic carbocycles. The van der Waals surface area contributed by atoms with E-state index in [1.165, 1.54) is 0 Å². The van der Waals surface area contributed by atoms with Gasteiger partial charge in [0.2, 0.25) is 0 Å². The molecule has 4 nitrogen and oxygen atoms in total. The Morgan fingerprint density at radius 1 is 1.13 bits per heavy atom. The van der Waals surface area contributed by atoms with Crippen molar-refractivity contribution in [2.45, 2.75) is 52.4 Å². The maximum absolute atomic E-state index is 10.3. The Kier molecular flexibility index (Phi) is 8.00. The smallest absolute Gasteiger partial charge is 0.264 e. The van der Waals surface area contributed by atoms with Gasteiger partial charge in [0.15, 0.2) is 0 Å². The summed E-state index contributed by atoms with van der Waals surface area (Å²) in [6.45, 7) is 4.34. The van der Waals surface area contributed by atoms with Crippen molar-refractivity contribution in [1.29, 1.82) is 0 Å². The topological polar surface area (TPSA) is 63.6 Å². The Morgan fingerprint density at radius 2 is 1.80 bits per heavy atom. The molecule has 0 fully saturated rings. The van der Waals surface area contributed by atoms with Gasteiger partial charge in [0.25, 0.3) is 0 Å². The van der Waals surface area contributed by atoms with Crippen molar-refractivity contribution in [1.82, 2.24) is 0 Å². The predicted molar refractivity (Wildman–Crippen MR) is 60.0 cm³/mol. The van der Waals surface area contributed by atoms with Crippen LogP contribution >= 0.6 is 0 Å². The van der Waals surface area contributed by atoms with Crippen molar-refractivity contribution in [2.24, 2.45) is 5.92 Å². The molecule has 0 bridgehead atoms. The molecule has 0 heterocycles. The van der Waals surface area contributed by atoms with Crippen LogP contribution in [0, 0.1) is 5.92 Å². The molecular weight excluding hydrogens is 216 g/mol. The monoisotopic (exact) mass is 238 g/mol. The van der Waals surface area contributed by atoms with Crippen LogP contribution < -0.4 is 0 Å². The summed E-state index contributed by atoms with van der Waals surface area (Å²) in [6.07, 6.45) is 6.32. The molecule has 0 radical (unpaired) electrons. The maximum atomic E-state index is 10.3. The van der Waals surface area contributed by atoms with E-state index in [9.17, 15) is 8.42 Å². The minimum atomic E-state index is -4.26. The molecule has 0 amide bonds. The maximum Gasteiger partial charge on any atom is 0.397 e. The van der Waals surface area contributed by atoms with E-state index < -0.39 is 10.4 Å². The molecule has 0 spiro atoms. The van der Waals surface area contributed by atoms with E-state index in [1.54, 1.807) is 0 Å². The second-order valence-corrected chi connectivity index (χ2v) is 4.93. The van der Waals surface area contributed by atoms with Crippen molar-refractivity contribution >= 4 is 10.4 Å². The van der Waals surface area contributed by atoms with Crippen LogP contribution in [0.25, 0.3) is 0 Å². The Bertz CT molecular complexity index is 236. The first kappa shape index (κ1) is 14.9. The van der Waals surface area contributed by atoms with Gasteiger partial charge in [0.1, 0.15) is 0 Å². The van der Waals surface area contributed by atoms with Gasteiger partial charge in [-0.15, -0.1) is 0 Å². The molecule has 0 saturated carbocycles. The van der Waals surface area contributed by atoms with Gasteiger partial charge in [-0.1, -0.05) is 46.0 Å². The van der Waals surface area contributed by atoms with Crippen LogP contribution in [0.2, 0.25) is 0 Å². The van der Waals surface area contributed by atoms with E-state index in [-0.39, 0.29) is 6.61 Å². The molecule has 0 aliphatic carbocycles. The molecular formula is C10H22O4S. The van der Waals surface area contributed by atoms with Crippen LogP contribution in [-0.4, -0.2) is 19.6 Å². The molecule has 0 aliphatic heterocycles. The van der Waals surface area contributed by atoms with Gasteiger partial charge in [-0.3, -0.25) is 4.55 Å². The van der Waals surface area contributed by atoms with E-state index >= 15 is 0 Å². The molecule has 1 atom stereocenters. The highest BCUT2D eigenvalue weighted by Crippen LogP contribution is 2.18. The zero-order valence-electron chi connectivity index (χ0n) is 9.61. The Hall–Kier alpha value is -0.130. The SMILES string of the molecule is CCCCC(CCC)CCOS(=O)(=O)O. The summed E-state index contributed by atoms with van der Waals surface area (Å²) in [5.41, 5.74) is 0. The molecule has 0 aliphatic rings. The number of hydrogen-bond acceptors (Lipinski definition) is 3. The zero-order chi connectivity index (χ0) is 11.7. The summed E-state index contributed by atoms with van der Waals surface area (Å²) in [6, 6.07) is 0. The van der Waals surface area contributed by atoms with Crippen LogP contribution in [0.1, 0.15) is 52.4 Å². The van der Waals surface area contributed by atoms with E-state index in [0.29, 0.717) is 12.3 Å². The predicted octanol–water partition coefficient (Wildman–Crippen LogP) is 2.80. The number of rotatable bonds is 9. The molecule has 15 heavy (non-hydrogen) atoms. The van der Waals surface area contributed by atoms with Crippen LogP contribution in [0.15, 0.2) is 0 Å². The first-order chi connectivity index (χ1) is 6.99. The van der Waals surface area contributed by atoms with Gasteiger partial charge in [0.05, 0.1) is 6.61 Å². The molecule has 1 unspecified atom stereocenters. The minimum Gasteiger partial charge on any atom is -0.264 e. The van der Waals surface area contributed by atoms with Crippen LogP contribution in [0.3, 0.4) is 0 Å². The summed E-state index contributed by atoms with van der Waals surface area (Å²) >= 11 is 0. The summed E-state index contributed by atoms with van der Waals surface area (Å²) < 4.78 is 33.3. The third-order valence-corrected chi connectivity index (χ3v) is 2.89. The van der Waals surface area contributed by atoms with Crippen molar-refractivity contribution in [3.63, 3.8) is 0 Å². The van der Waals surface area contributed by atoms with Gasteiger partial charge in [-0.2, -0.15) is 8.42 Å². The lowest BCUT2D eigenvalue weighted by Crippen LogP contribution is -2.09. The van der Waals surface area contributed by atoms with Gasteiger partial charge in [-0.05, 0) is 12.3 Å². The fourth-order valence-electron chi connectivity index (χ4n) is 1.65. The summed E-state index contributed by atoms with van der Waals surface area (Å²) in [4.78, 5) is 0. The fraction of sp³-hybridized carbons (Fsp3) is 1.00. The average molecular weight is 238 g/mol. The highest BCUT2D eigenvalue weighted by molar-refractivity contribution is 7.80. The Labute approximate surface area is 93.0 Å². The standard InChI is InChI=1S/C10H22O4S/c1-3-5-7-10(6-4-2)8-9-14-15(11,12)13/h10H,3-9H2,1-2H3,(H,11,12,13). The van der Waals surface area contributed by atoms with E-state index in [2.05, 4.69) is 18.0 Å². The van der Waals surface area contributed by atoms with Crippen molar-refractivity contribution in [3.8, 4) is 0 Å². The van der Waals surface area contributed by atoms with Gasteiger partial charge >= 0.3 is 10.4 Å². The van der Waals surface area contributed by atoms with Gasteiger partial charge in [0, 0.05) is 0 Å². The molecule has 0 aromatic heterocycles. The summed E-state index contributed by atoms with van der Waals surface area (Å²) in [7, 11) is -4.26. The van der Waals surface area contributed by atoms with Crippen LogP contribution in [0.4, 0.5) is 0 Å². The third-order valence-electron chi connectivity index (χ3n) is 2.42. The molecule has 5 heteroatoms. The van der Waals surface area contributed by atoms with Crippen LogP contribution in [0.5, 0.6) is 0 Å². The first-order valence-corrected chi connectivity index (χ1v) is 6.98. The largest absolute Gasteiger partial charge is 0.397 e. The Morgan fingerprint density at radius 3 is 2.27 bits per heavy atom. The first-order valence-electron chi connectivity index (χ1n) is 5.61. The number of hydrogen-bond donors (Lipinski definition) is 1. The fourth-order valence-corrected chi connectivity index (χ4v) is 1.96. The molecule has 1 N–H and O–H groups in total.